The van der Waals surface area contributed by atoms with Gasteiger partial charge in [-0.2, -0.15) is 5.10 Å². The number of carbonyl (C=O) groups excluding carboxylic acids is 1. The molecule has 1 amide bonds. The molecule has 1 unspecified atom stereocenters. The number of hydrogen-bond acceptors (Lipinski definition) is 3. The van der Waals surface area contributed by atoms with Gasteiger partial charge in [-0.1, -0.05) is 32.9 Å². The minimum Gasteiger partial charge on any atom is -0.497 e. The third kappa shape index (κ3) is 3.82. The van der Waals surface area contributed by atoms with Crippen molar-refractivity contribution in [1.82, 2.24) is 9.78 Å². The highest BCUT2D eigenvalue weighted by Gasteiger charge is 2.44. The maximum atomic E-state index is 13.8. The van der Waals surface area contributed by atoms with Crippen molar-refractivity contribution in [2.24, 2.45) is 5.92 Å². The number of methoxy groups -OCH3 is 1. The third-order valence-electron chi connectivity index (χ3n) is 5.59. The number of rotatable bonds is 7. The Kier molecular flexibility index (Phi) is 5.81. The summed E-state index contributed by atoms with van der Waals surface area (Å²) in [4.78, 5) is 15.6. The Hall–Kier alpha value is -3.15. The summed E-state index contributed by atoms with van der Waals surface area (Å²) in [6, 6.07) is 13.5. The van der Waals surface area contributed by atoms with E-state index in [0.29, 0.717) is 18.2 Å². The van der Waals surface area contributed by atoms with E-state index in [1.54, 1.807) is 24.1 Å². The summed E-state index contributed by atoms with van der Waals surface area (Å²) >= 11 is 0. The van der Waals surface area contributed by atoms with Gasteiger partial charge in [0.2, 0.25) is 0 Å². The number of carbonyl (C=O) groups is 1. The Morgan fingerprint density at radius 1 is 1.10 bits per heavy atom. The summed E-state index contributed by atoms with van der Waals surface area (Å²) < 4.78 is 20.8. The quantitative estimate of drug-likeness (QED) is 0.514. The molecule has 0 fully saturated rings. The van der Waals surface area contributed by atoms with Gasteiger partial charge in [0.05, 0.1) is 18.8 Å². The molecule has 3 aromatic rings. The van der Waals surface area contributed by atoms with E-state index in [2.05, 4.69) is 20.8 Å². The zero-order valence-corrected chi connectivity index (χ0v) is 18.4. The summed E-state index contributed by atoms with van der Waals surface area (Å²) in [5.74, 6) is 0.746. The van der Waals surface area contributed by atoms with Crippen molar-refractivity contribution in [3.05, 3.63) is 76.9 Å². The highest BCUT2D eigenvalue weighted by molar-refractivity contribution is 6.11. The number of ether oxygens (including phenoxy) is 1. The van der Waals surface area contributed by atoms with E-state index < -0.39 is 0 Å². The van der Waals surface area contributed by atoms with Gasteiger partial charge in [-0.3, -0.25) is 14.4 Å². The lowest BCUT2D eigenvalue weighted by atomic mass is 9.95. The Morgan fingerprint density at radius 3 is 2.35 bits per heavy atom. The summed E-state index contributed by atoms with van der Waals surface area (Å²) in [7, 11) is 1.62. The molecule has 2 aromatic carbocycles. The molecule has 0 aliphatic carbocycles. The fourth-order valence-electron chi connectivity index (χ4n) is 4.28. The van der Waals surface area contributed by atoms with Crippen molar-refractivity contribution in [2.75, 3.05) is 12.0 Å². The van der Waals surface area contributed by atoms with Gasteiger partial charge < -0.3 is 4.74 Å². The van der Waals surface area contributed by atoms with E-state index in [-0.39, 0.29) is 17.8 Å². The molecule has 0 spiro atoms. The lowest BCUT2D eigenvalue weighted by Crippen LogP contribution is -2.30. The Morgan fingerprint density at radius 2 is 1.77 bits per heavy atom. The molecule has 31 heavy (non-hydrogen) atoms. The van der Waals surface area contributed by atoms with Gasteiger partial charge in [0.15, 0.2) is 0 Å². The second kappa shape index (κ2) is 8.53. The van der Waals surface area contributed by atoms with E-state index in [1.165, 1.54) is 12.1 Å². The predicted molar refractivity (Wildman–Crippen MR) is 119 cm³/mol. The highest BCUT2D eigenvalue weighted by atomic mass is 19.1. The number of aryl methyl sites for hydroxylation is 1. The van der Waals surface area contributed by atoms with Crippen molar-refractivity contribution in [3.8, 4) is 5.75 Å². The zero-order valence-electron chi connectivity index (χ0n) is 18.4. The fourth-order valence-corrected chi connectivity index (χ4v) is 4.28. The topological polar surface area (TPSA) is 47.4 Å². The molecule has 162 valence electrons. The third-order valence-corrected chi connectivity index (χ3v) is 5.59. The van der Waals surface area contributed by atoms with E-state index in [9.17, 15) is 9.18 Å². The molecule has 0 bridgehead atoms. The van der Waals surface area contributed by atoms with Crippen LogP contribution in [0.3, 0.4) is 0 Å². The molecule has 0 radical (unpaired) electrons. The fraction of sp³-hybridized carbons (Fsp3) is 0.360. The Labute approximate surface area is 182 Å². The van der Waals surface area contributed by atoms with E-state index >= 15 is 0 Å². The van der Waals surface area contributed by atoms with E-state index in [0.717, 1.165) is 41.1 Å². The minimum absolute atomic E-state index is 0.0783. The normalized spacial score (nSPS) is 15.6. The van der Waals surface area contributed by atoms with Crippen molar-refractivity contribution >= 4 is 11.6 Å². The lowest BCUT2D eigenvalue weighted by Gasteiger charge is -2.27. The summed E-state index contributed by atoms with van der Waals surface area (Å²) in [6.07, 6.45) is 1.66. The largest absolute Gasteiger partial charge is 0.497 e. The first-order valence-electron chi connectivity index (χ1n) is 10.8. The number of fused-ring (bicyclic) bond motifs is 1. The molecule has 5 nitrogen and oxygen atoms in total. The number of anilines is 1. The number of aromatic nitrogens is 2. The number of benzene rings is 2. The van der Waals surface area contributed by atoms with Gasteiger partial charge in [0.25, 0.3) is 5.91 Å². The monoisotopic (exact) mass is 421 g/mol. The molecule has 1 aromatic heterocycles. The standard InChI is InChI=1S/C25H28FN3O2/c1-5-14-28-24-22(21(27-28)15-16(2)3)23(17-6-8-18(26)9-7-17)29(25(24)30)19-10-12-20(31-4)13-11-19/h6-13,16,23H,5,14-15H2,1-4H3. The summed E-state index contributed by atoms with van der Waals surface area (Å²) in [5, 5.41) is 4.84. The van der Waals surface area contributed by atoms with Crippen LogP contribution in [0.15, 0.2) is 48.5 Å². The molecule has 0 saturated heterocycles. The van der Waals surface area contributed by atoms with Crippen LogP contribution in [0.5, 0.6) is 5.75 Å². The zero-order chi connectivity index (χ0) is 22.1. The van der Waals surface area contributed by atoms with Crippen LogP contribution in [0.4, 0.5) is 10.1 Å². The Bertz CT molecular complexity index is 1070. The first-order valence-corrected chi connectivity index (χ1v) is 10.8. The SMILES string of the molecule is CCCn1nc(CC(C)C)c2c1C(=O)N(c1ccc(OC)cc1)C2c1ccc(F)cc1. The minimum atomic E-state index is -0.351. The summed E-state index contributed by atoms with van der Waals surface area (Å²) in [6.45, 7) is 7.05. The van der Waals surface area contributed by atoms with Gasteiger partial charge in [0.1, 0.15) is 17.3 Å². The van der Waals surface area contributed by atoms with E-state index in [1.807, 2.05) is 28.9 Å². The van der Waals surface area contributed by atoms with Gasteiger partial charge in [-0.25, -0.2) is 4.39 Å². The number of halogens is 1. The van der Waals surface area contributed by atoms with Crippen LogP contribution >= 0.6 is 0 Å². The molecule has 2 heterocycles. The molecule has 6 heteroatoms. The van der Waals surface area contributed by atoms with Crippen molar-refractivity contribution in [1.29, 1.82) is 0 Å². The number of nitrogens with zero attached hydrogens (tertiary/aromatic N) is 3. The highest BCUT2D eigenvalue weighted by Crippen LogP contribution is 2.44. The number of hydrogen-bond donors (Lipinski definition) is 0. The van der Waals surface area contributed by atoms with Crippen LogP contribution < -0.4 is 9.64 Å². The van der Waals surface area contributed by atoms with Crippen molar-refractivity contribution < 1.29 is 13.9 Å². The second-order valence-electron chi connectivity index (χ2n) is 8.36. The first kappa shape index (κ1) is 21.1. The average molecular weight is 422 g/mol. The average Bonchev–Trinajstić information content (AvgIpc) is 3.24. The Balaban J connectivity index is 1.91. The molecule has 0 saturated carbocycles. The molecule has 4 rings (SSSR count). The number of amides is 1. The van der Waals surface area contributed by atoms with Crippen LogP contribution in [0.2, 0.25) is 0 Å². The molecular formula is C25H28FN3O2. The maximum Gasteiger partial charge on any atom is 0.277 e. The smallest absolute Gasteiger partial charge is 0.277 e. The summed E-state index contributed by atoms with van der Waals surface area (Å²) in [5.41, 5.74) is 4.16. The molecule has 1 atom stereocenters. The molecule has 1 aliphatic heterocycles. The predicted octanol–water partition coefficient (Wildman–Crippen LogP) is 5.39. The first-order chi connectivity index (χ1) is 14.9. The van der Waals surface area contributed by atoms with Crippen LogP contribution in [-0.2, 0) is 13.0 Å². The van der Waals surface area contributed by atoms with Crippen LogP contribution in [0, 0.1) is 11.7 Å². The second-order valence-corrected chi connectivity index (χ2v) is 8.36. The van der Waals surface area contributed by atoms with Crippen molar-refractivity contribution in [2.45, 2.75) is 46.2 Å². The van der Waals surface area contributed by atoms with Crippen LogP contribution in [-0.4, -0.2) is 22.8 Å². The van der Waals surface area contributed by atoms with Gasteiger partial charge >= 0.3 is 0 Å². The molecular weight excluding hydrogens is 393 g/mol. The van der Waals surface area contributed by atoms with E-state index in [4.69, 9.17) is 9.84 Å². The maximum absolute atomic E-state index is 13.8. The molecule has 1 aliphatic rings. The van der Waals surface area contributed by atoms with Gasteiger partial charge in [0, 0.05) is 17.8 Å². The van der Waals surface area contributed by atoms with Crippen LogP contribution in [0.1, 0.15) is 60.5 Å². The van der Waals surface area contributed by atoms with Gasteiger partial charge in [-0.05, 0) is 60.7 Å². The van der Waals surface area contributed by atoms with Gasteiger partial charge in [-0.15, -0.1) is 0 Å². The van der Waals surface area contributed by atoms with Crippen LogP contribution in [0.25, 0.3) is 0 Å². The molecule has 0 N–H and O–H groups in total. The van der Waals surface area contributed by atoms with Crippen molar-refractivity contribution in [3.63, 3.8) is 0 Å². The lowest BCUT2D eigenvalue weighted by molar-refractivity contribution is 0.0983.